The fourth-order valence-electron chi connectivity index (χ4n) is 2.66. The van der Waals surface area contributed by atoms with E-state index < -0.39 is 0 Å². The maximum atomic E-state index is 6.40. The number of rotatable bonds is 4. The number of ether oxygens (including phenoxy) is 2. The standard InChI is InChI=1S/C17H16Cl2N2O2/c1-22-10-3-5-12(14(18)7-10)16-17(21-9-20-16)13-6-4-11(23-2)8-15(13)19/h3-9,16-17H,1-2H3,(H,20,21)/t16-,17+. The Morgan fingerprint density at radius 1 is 0.913 bits per heavy atom. The Morgan fingerprint density at radius 2 is 1.48 bits per heavy atom. The van der Waals surface area contributed by atoms with Crippen LogP contribution in [0.3, 0.4) is 0 Å². The van der Waals surface area contributed by atoms with Crippen molar-refractivity contribution in [2.24, 2.45) is 4.99 Å². The molecule has 0 unspecified atom stereocenters. The zero-order chi connectivity index (χ0) is 16.4. The molecule has 2 aromatic carbocycles. The molecule has 2 aromatic rings. The maximum absolute atomic E-state index is 6.40. The summed E-state index contributed by atoms with van der Waals surface area (Å²) in [5.74, 6) is 1.43. The first-order valence-electron chi connectivity index (χ1n) is 7.08. The second kappa shape index (κ2) is 6.69. The Labute approximate surface area is 145 Å². The topological polar surface area (TPSA) is 42.8 Å². The van der Waals surface area contributed by atoms with Crippen molar-refractivity contribution in [3.63, 3.8) is 0 Å². The van der Waals surface area contributed by atoms with Crippen LogP contribution in [-0.2, 0) is 0 Å². The van der Waals surface area contributed by atoms with Crippen LogP contribution in [0.4, 0.5) is 0 Å². The van der Waals surface area contributed by atoms with Crippen molar-refractivity contribution >= 4 is 29.5 Å². The number of hydrogen-bond donors (Lipinski definition) is 1. The summed E-state index contributed by atoms with van der Waals surface area (Å²) in [5.41, 5.74) is 1.87. The highest BCUT2D eigenvalue weighted by Gasteiger charge is 2.30. The third kappa shape index (κ3) is 3.09. The van der Waals surface area contributed by atoms with E-state index in [-0.39, 0.29) is 12.1 Å². The fraction of sp³-hybridized carbons (Fsp3) is 0.235. The normalized spacial score (nSPS) is 19.5. The molecule has 1 aliphatic heterocycles. The molecule has 1 N–H and O–H groups in total. The number of aliphatic imine (C=N–C) groups is 1. The quantitative estimate of drug-likeness (QED) is 0.887. The minimum Gasteiger partial charge on any atom is -0.497 e. The average molecular weight is 351 g/mol. The molecule has 120 valence electrons. The van der Waals surface area contributed by atoms with E-state index in [9.17, 15) is 0 Å². The number of hydrogen-bond acceptors (Lipinski definition) is 4. The van der Waals surface area contributed by atoms with Gasteiger partial charge in [0.25, 0.3) is 0 Å². The zero-order valence-corrected chi connectivity index (χ0v) is 14.2. The number of nitrogens with zero attached hydrogens (tertiary/aromatic N) is 1. The van der Waals surface area contributed by atoms with Crippen LogP contribution in [0.25, 0.3) is 0 Å². The van der Waals surface area contributed by atoms with Crippen molar-refractivity contribution in [1.29, 1.82) is 0 Å². The molecule has 3 rings (SSSR count). The molecule has 0 saturated heterocycles. The molecule has 4 nitrogen and oxygen atoms in total. The van der Waals surface area contributed by atoms with Crippen molar-refractivity contribution in [1.82, 2.24) is 5.32 Å². The van der Waals surface area contributed by atoms with Gasteiger partial charge in [0, 0.05) is 10.0 Å². The number of nitrogens with one attached hydrogen (secondary N) is 1. The van der Waals surface area contributed by atoms with Crippen molar-refractivity contribution in [3.05, 3.63) is 57.6 Å². The predicted molar refractivity (Wildman–Crippen MR) is 93.1 cm³/mol. The summed E-state index contributed by atoms with van der Waals surface area (Å²) in [7, 11) is 3.22. The van der Waals surface area contributed by atoms with E-state index >= 15 is 0 Å². The summed E-state index contributed by atoms with van der Waals surface area (Å²) in [6, 6.07) is 11.0. The minimum absolute atomic E-state index is 0.0840. The van der Waals surface area contributed by atoms with E-state index in [2.05, 4.69) is 10.3 Å². The SMILES string of the molecule is COc1ccc([C@H]2NC=N[C@H]2c2ccc(OC)cc2Cl)c(Cl)c1. The first-order valence-corrected chi connectivity index (χ1v) is 7.84. The molecule has 0 saturated carbocycles. The molecular weight excluding hydrogens is 335 g/mol. The smallest absolute Gasteiger partial charge is 0.120 e. The highest BCUT2D eigenvalue weighted by molar-refractivity contribution is 6.32. The highest BCUT2D eigenvalue weighted by Crippen LogP contribution is 2.41. The Balaban J connectivity index is 1.95. The van der Waals surface area contributed by atoms with Crippen LogP contribution in [0, 0.1) is 0 Å². The second-order valence-corrected chi connectivity index (χ2v) is 5.96. The van der Waals surface area contributed by atoms with Crippen molar-refractivity contribution < 1.29 is 9.47 Å². The summed E-state index contributed by atoms with van der Waals surface area (Å²) >= 11 is 12.8. The van der Waals surface area contributed by atoms with Gasteiger partial charge in [0.2, 0.25) is 0 Å². The molecular formula is C17H16Cl2N2O2. The molecule has 0 bridgehead atoms. The molecule has 1 aliphatic rings. The van der Waals surface area contributed by atoms with Crippen molar-refractivity contribution in [2.45, 2.75) is 12.1 Å². The Morgan fingerprint density at radius 3 is 2.00 bits per heavy atom. The lowest BCUT2D eigenvalue weighted by molar-refractivity contribution is 0.414. The lowest BCUT2D eigenvalue weighted by Gasteiger charge is -2.21. The predicted octanol–water partition coefficient (Wildman–Crippen LogP) is 4.42. The van der Waals surface area contributed by atoms with Crippen LogP contribution in [0.1, 0.15) is 23.2 Å². The average Bonchev–Trinajstić information content (AvgIpc) is 3.03. The third-order valence-corrected chi connectivity index (χ3v) is 4.53. The lowest BCUT2D eigenvalue weighted by Crippen LogP contribution is -2.19. The molecule has 1 heterocycles. The fourth-order valence-corrected chi connectivity index (χ4v) is 3.23. The van der Waals surface area contributed by atoms with E-state index in [1.807, 2.05) is 24.3 Å². The van der Waals surface area contributed by atoms with Gasteiger partial charge in [0.05, 0.1) is 26.6 Å². The van der Waals surface area contributed by atoms with Crippen molar-refractivity contribution in [3.8, 4) is 11.5 Å². The largest absolute Gasteiger partial charge is 0.497 e. The van der Waals surface area contributed by atoms with E-state index in [4.69, 9.17) is 32.7 Å². The molecule has 0 aromatic heterocycles. The van der Waals surface area contributed by atoms with Gasteiger partial charge in [-0.3, -0.25) is 4.99 Å². The summed E-state index contributed by atoms with van der Waals surface area (Å²) < 4.78 is 10.4. The zero-order valence-electron chi connectivity index (χ0n) is 12.7. The summed E-state index contributed by atoms with van der Waals surface area (Å²) in [6.07, 6.45) is 1.69. The van der Waals surface area contributed by atoms with Crippen LogP contribution in [0.2, 0.25) is 10.0 Å². The van der Waals surface area contributed by atoms with Gasteiger partial charge in [-0.1, -0.05) is 35.3 Å². The van der Waals surface area contributed by atoms with Crippen LogP contribution in [-0.4, -0.2) is 20.6 Å². The highest BCUT2D eigenvalue weighted by atomic mass is 35.5. The Bertz CT molecular complexity index is 749. The molecule has 23 heavy (non-hydrogen) atoms. The number of halogens is 2. The van der Waals surface area contributed by atoms with Gasteiger partial charge < -0.3 is 14.8 Å². The Hall–Kier alpha value is -1.91. The number of benzene rings is 2. The minimum atomic E-state index is -0.153. The van der Waals surface area contributed by atoms with Crippen molar-refractivity contribution in [2.75, 3.05) is 14.2 Å². The monoisotopic (exact) mass is 350 g/mol. The van der Waals surface area contributed by atoms with Gasteiger partial charge in [-0.05, 0) is 35.4 Å². The number of methoxy groups -OCH3 is 2. The lowest BCUT2D eigenvalue weighted by atomic mass is 9.94. The first-order chi connectivity index (χ1) is 11.1. The van der Waals surface area contributed by atoms with E-state index in [1.54, 1.807) is 32.7 Å². The Kier molecular flexibility index (Phi) is 4.64. The molecule has 0 radical (unpaired) electrons. The van der Waals surface area contributed by atoms with Gasteiger partial charge >= 0.3 is 0 Å². The van der Waals surface area contributed by atoms with Crippen LogP contribution < -0.4 is 14.8 Å². The summed E-state index contributed by atoms with van der Waals surface area (Å²) in [4.78, 5) is 4.51. The van der Waals surface area contributed by atoms with E-state index in [1.165, 1.54) is 0 Å². The van der Waals surface area contributed by atoms with Gasteiger partial charge in [-0.2, -0.15) is 0 Å². The van der Waals surface area contributed by atoms with Gasteiger partial charge in [-0.15, -0.1) is 0 Å². The van der Waals surface area contributed by atoms with E-state index in [0.29, 0.717) is 15.8 Å². The molecule has 6 heteroatoms. The third-order valence-electron chi connectivity index (χ3n) is 3.87. The first kappa shape index (κ1) is 16.0. The van der Waals surface area contributed by atoms with E-state index in [0.717, 1.165) is 16.9 Å². The van der Waals surface area contributed by atoms with Crippen LogP contribution >= 0.6 is 23.2 Å². The maximum Gasteiger partial charge on any atom is 0.120 e. The molecule has 2 atom stereocenters. The van der Waals surface area contributed by atoms with Gasteiger partial charge in [0.15, 0.2) is 0 Å². The van der Waals surface area contributed by atoms with Gasteiger partial charge in [0.1, 0.15) is 17.5 Å². The molecule has 0 spiro atoms. The molecule has 0 fully saturated rings. The van der Waals surface area contributed by atoms with Gasteiger partial charge in [-0.25, -0.2) is 0 Å². The molecule has 0 aliphatic carbocycles. The summed E-state index contributed by atoms with van der Waals surface area (Å²) in [6.45, 7) is 0. The van der Waals surface area contributed by atoms with Crippen LogP contribution in [0.5, 0.6) is 11.5 Å². The second-order valence-electron chi connectivity index (χ2n) is 5.14. The summed E-state index contributed by atoms with van der Waals surface area (Å²) in [5, 5.41) is 4.49. The van der Waals surface area contributed by atoms with Crippen LogP contribution in [0.15, 0.2) is 41.4 Å². The molecule has 0 amide bonds.